The van der Waals surface area contributed by atoms with Crippen LogP contribution in [0.4, 0.5) is 11.6 Å². The molecule has 0 aliphatic rings. The van der Waals surface area contributed by atoms with Crippen LogP contribution in [0.2, 0.25) is 0 Å². The molecule has 0 fully saturated rings. The number of rotatable bonds is 8. The number of anilines is 1. The SMILES string of the molecule is CCOC(=O)c1c(C)oc(NC(=O)/C=C/c2cccc([N+](=O)[O-])c2)c1C(=O)OCC. The Labute approximate surface area is 171 Å². The summed E-state index contributed by atoms with van der Waals surface area (Å²) in [6.45, 7) is 4.78. The van der Waals surface area contributed by atoms with Gasteiger partial charge in [0.15, 0.2) is 0 Å². The summed E-state index contributed by atoms with van der Waals surface area (Å²) in [6.07, 6.45) is 2.46. The van der Waals surface area contributed by atoms with Crippen LogP contribution in [0.5, 0.6) is 0 Å². The minimum absolute atomic E-state index is 0.0470. The van der Waals surface area contributed by atoms with Gasteiger partial charge in [-0.25, -0.2) is 9.59 Å². The molecule has 0 unspecified atom stereocenters. The number of nitrogens with one attached hydrogen (secondary N) is 1. The van der Waals surface area contributed by atoms with Crippen LogP contribution in [0.15, 0.2) is 34.8 Å². The minimum Gasteiger partial charge on any atom is -0.462 e. The highest BCUT2D eigenvalue weighted by molar-refractivity contribution is 6.11. The van der Waals surface area contributed by atoms with E-state index in [4.69, 9.17) is 13.9 Å². The van der Waals surface area contributed by atoms with E-state index in [2.05, 4.69) is 5.32 Å². The van der Waals surface area contributed by atoms with Crippen molar-refractivity contribution in [3.63, 3.8) is 0 Å². The maximum absolute atomic E-state index is 12.3. The fourth-order valence-electron chi connectivity index (χ4n) is 2.55. The van der Waals surface area contributed by atoms with Crippen LogP contribution in [-0.2, 0) is 14.3 Å². The van der Waals surface area contributed by atoms with Gasteiger partial charge in [-0.15, -0.1) is 0 Å². The molecule has 0 atom stereocenters. The number of nitro groups is 1. The number of aryl methyl sites for hydroxylation is 1. The van der Waals surface area contributed by atoms with E-state index in [0.29, 0.717) is 5.56 Å². The summed E-state index contributed by atoms with van der Waals surface area (Å²) in [6, 6.07) is 5.68. The molecule has 1 N–H and O–H groups in total. The smallest absolute Gasteiger partial charge is 0.344 e. The monoisotopic (exact) mass is 416 g/mol. The molecule has 30 heavy (non-hydrogen) atoms. The van der Waals surface area contributed by atoms with Crippen molar-refractivity contribution in [2.75, 3.05) is 18.5 Å². The zero-order valence-corrected chi connectivity index (χ0v) is 16.6. The van der Waals surface area contributed by atoms with Crippen LogP contribution in [0, 0.1) is 17.0 Å². The molecule has 0 saturated carbocycles. The number of furan rings is 1. The van der Waals surface area contributed by atoms with Crippen LogP contribution in [0.3, 0.4) is 0 Å². The van der Waals surface area contributed by atoms with Gasteiger partial charge in [0.25, 0.3) is 11.6 Å². The number of esters is 2. The van der Waals surface area contributed by atoms with Crippen LogP contribution in [-0.4, -0.2) is 36.0 Å². The van der Waals surface area contributed by atoms with E-state index in [1.165, 1.54) is 31.2 Å². The average Bonchev–Trinajstić information content (AvgIpc) is 3.02. The lowest BCUT2D eigenvalue weighted by Crippen LogP contribution is -2.16. The first-order valence-corrected chi connectivity index (χ1v) is 8.99. The quantitative estimate of drug-likeness (QED) is 0.299. The van der Waals surface area contributed by atoms with Gasteiger partial charge in [-0.2, -0.15) is 0 Å². The Bertz CT molecular complexity index is 1010. The predicted octanol–water partition coefficient (Wildman–Crippen LogP) is 3.50. The second kappa shape index (κ2) is 10.0. The van der Waals surface area contributed by atoms with Gasteiger partial charge in [0.1, 0.15) is 16.9 Å². The Morgan fingerprint density at radius 1 is 1.13 bits per heavy atom. The molecule has 1 aromatic heterocycles. The fraction of sp³-hybridized carbons (Fsp3) is 0.250. The molecular formula is C20H20N2O8. The van der Waals surface area contributed by atoms with E-state index in [0.717, 1.165) is 6.08 Å². The van der Waals surface area contributed by atoms with Crippen molar-refractivity contribution in [2.45, 2.75) is 20.8 Å². The van der Waals surface area contributed by atoms with Crippen molar-refractivity contribution in [3.05, 3.63) is 62.9 Å². The van der Waals surface area contributed by atoms with Gasteiger partial charge in [-0.3, -0.25) is 20.2 Å². The maximum Gasteiger partial charge on any atom is 0.344 e. The molecule has 158 valence electrons. The molecule has 0 radical (unpaired) electrons. The van der Waals surface area contributed by atoms with Crippen molar-refractivity contribution in [2.24, 2.45) is 0 Å². The third kappa shape index (κ3) is 5.31. The highest BCUT2D eigenvalue weighted by atomic mass is 16.6. The Morgan fingerprint density at radius 3 is 2.37 bits per heavy atom. The standard InChI is InChI=1S/C20H20N2O8/c1-4-28-19(24)16-12(3)30-18(17(16)20(25)29-5-2)21-15(23)10-9-13-7-6-8-14(11-13)22(26)27/h6-11H,4-5H2,1-3H3,(H,21,23)/b10-9+. The molecular weight excluding hydrogens is 396 g/mol. The molecule has 1 aromatic carbocycles. The van der Waals surface area contributed by atoms with E-state index in [1.54, 1.807) is 19.9 Å². The van der Waals surface area contributed by atoms with Crippen LogP contribution in [0.25, 0.3) is 6.08 Å². The summed E-state index contributed by atoms with van der Waals surface area (Å²) in [5, 5.41) is 13.2. The van der Waals surface area contributed by atoms with Crippen LogP contribution in [0.1, 0.15) is 45.9 Å². The summed E-state index contributed by atoms with van der Waals surface area (Å²) < 4.78 is 15.3. The molecule has 0 saturated heterocycles. The van der Waals surface area contributed by atoms with Crippen molar-refractivity contribution >= 4 is 35.5 Å². The number of benzene rings is 1. The lowest BCUT2D eigenvalue weighted by molar-refractivity contribution is -0.384. The van der Waals surface area contributed by atoms with Gasteiger partial charge < -0.3 is 13.9 Å². The number of carbonyl (C=O) groups excluding carboxylic acids is 3. The largest absolute Gasteiger partial charge is 0.462 e. The Morgan fingerprint density at radius 2 is 1.77 bits per heavy atom. The molecule has 0 bridgehead atoms. The fourth-order valence-corrected chi connectivity index (χ4v) is 2.55. The zero-order valence-electron chi connectivity index (χ0n) is 16.6. The van der Waals surface area contributed by atoms with E-state index >= 15 is 0 Å². The number of nitrogens with zero attached hydrogens (tertiary/aromatic N) is 1. The first kappa shape index (κ1) is 22.3. The molecule has 0 aliphatic heterocycles. The summed E-state index contributed by atoms with van der Waals surface area (Å²) >= 11 is 0. The highest BCUT2D eigenvalue weighted by Crippen LogP contribution is 2.29. The summed E-state index contributed by atoms with van der Waals surface area (Å²) in [5.74, 6) is -2.50. The van der Waals surface area contributed by atoms with Gasteiger partial charge in [0.2, 0.25) is 5.88 Å². The van der Waals surface area contributed by atoms with E-state index in [1.807, 2.05) is 0 Å². The Hall–Kier alpha value is -3.95. The molecule has 1 amide bonds. The second-order valence-electron chi connectivity index (χ2n) is 5.85. The number of non-ortho nitro benzene ring substituents is 1. The number of nitro benzene ring substituents is 1. The van der Waals surface area contributed by atoms with E-state index < -0.39 is 22.8 Å². The van der Waals surface area contributed by atoms with E-state index in [-0.39, 0.29) is 41.7 Å². The lowest BCUT2D eigenvalue weighted by Gasteiger charge is -2.06. The number of hydrogen-bond acceptors (Lipinski definition) is 8. The normalized spacial score (nSPS) is 10.6. The first-order valence-electron chi connectivity index (χ1n) is 8.99. The molecule has 0 spiro atoms. The molecule has 2 rings (SSSR count). The van der Waals surface area contributed by atoms with Gasteiger partial charge in [0, 0.05) is 18.2 Å². The number of ether oxygens (including phenoxy) is 2. The summed E-state index contributed by atoms with van der Waals surface area (Å²) in [7, 11) is 0. The highest BCUT2D eigenvalue weighted by Gasteiger charge is 2.31. The van der Waals surface area contributed by atoms with Gasteiger partial charge >= 0.3 is 11.9 Å². The molecule has 10 nitrogen and oxygen atoms in total. The van der Waals surface area contributed by atoms with E-state index in [9.17, 15) is 24.5 Å². The number of hydrogen-bond donors (Lipinski definition) is 1. The van der Waals surface area contributed by atoms with Gasteiger partial charge in [-0.05, 0) is 32.4 Å². The maximum atomic E-state index is 12.3. The Balaban J connectivity index is 2.30. The molecule has 10 heteroatoms. The third-order valence-electron chi connectivity index (χ3n) is 3.79. The number of carbonyl (C=O) groups is 3. The average molecular weight is 416 g/mol. The summed E-state index contributed by atoms with van der Waals surface area (Å²) in [5.41, 5.74) is -0.0751. The topological polar surface area (TPSA) is 138 Å². The van der Waals surface area contributed by atoms with Crippen LogP contribution < -0.4 is 5.32 Å². The van der Waals surface area contributed by atoms with Crippen molar-refractivity contribution in [1.82, 2.24) is 0 Å². The lowest BCUT2D eigenvalue weighted by atomic mass is 10.1. The minimum atomic E-state index is -0.852. The van der Waals surface area contributed by atoms with Crippen LogP contribution >= 0.6 is 0 Å². The van der Waals surface area contributed by atoms with Gasteiger partial charge in [0.05, 0.1) is 18.1 Å². The van der Waals surface area contributed by atoms with Gasteiger partial charge in [-0.1, -0.05) is 12.1 Å². The first-order chi connectivity index (χ1) is 14.3. The molecule has 1 heterocycles. The molecule has 0 aliphatic carbocycles. The third-order valence-corrected chi connectivity index (χ3v) is 3.79. The zero-order chi connectivity index (χ0) is 22.3. The van der Waals surface area contributed by atoms with Crippen molar-refractivity contribution < 1.29 is 33.2 Å². The Kier molecular flexibility index (Phi) is 7.45. The molecule has 2 aromatic rings. The summed E-state index contributed by atoms with van der Waals surface area (Å²) in [4.78, 5) is 47.1. The van der Waals surface area contributed by atoms with Crippen molar-refractivity contribution in [1.29, 1.82) is 0 Å². The predicted molar refractivity (Wildman–Crippen MR) is 106 cm³/mol. The van der Waals surface area contributed by atoms with Crippen molar-refractivity contribution in [3.8, 4) is 0 Å². The second-order valence-corrected chi connectivity index (χ2v) is 5.85. The number of amides is 1.